The Morgan fingerprint density at radius 3 is 2.47 bits per heavy atom. The van der Waals surface area contributed by atoms with Gasteiger partial charge in [0.25, 0.3) is 0 Å². The third kappa shape index (κ3) is 4.49. The van der Waals surface area contributed by atoms with Crippen molar-refractivity contribution < 1.29 is 18.0 Å². The number of aromatic nitrogens is 4. The Morgan fingerprint density at radius 2 is 1.82 bits per heavy atom. The molecule has 1 aliphatic rings. The Morgan fingerprint density at radius 1 is 1.11 bits per heavy atom. The average molecular weight is 521 g/mol. The molecule has 0 atom stereocenters. The third-order valence-electron chi connectivity index (χ3n) is 6.73. The number of alkyl halides is 3. The average Bonchev–Trinajstić information content (AvgIpc) is 3.63. The summed E-state index contributed by atoms with van der Waals surface area (Å²) in [6, 6.07) is 12.3. The van der Waals surface area contributed by atoms with E-state index in [4.69, 9.17) is 5.26 Å². The first kappa shape index (κ1) is 25.1. The number of carbonyl (C=O) groups excluding carboxylic acids is 1. The van der Waals surface area contributed by atoms with Crippen LogP contribution in [-0.4, -0.2) is 30.8 Å². The van der Waals surface area contributed by atoms with Gasteiger partial charge < -0.3 is 5.32 Å². The number of imidazole rings is 2. The normalized spacial score (nSPS) is 14.0. The maximum absolute atomic E-state index is 13.7. The molecule has 4 aromatic rings. The molecule has 2 aromatic carbocycles. The van der Waals surface area contributed by atoms with Crippen LogP contribution in [0.3, 0.4) is 0 Å². The Balaban J connectivity index is 1.71. The lowest BCUT2D eigenvalue weighted by Crippen LogP contribution is -2.41. The highest BCUT2D eigenvalue weighted by atomic mass is 19.4. The van der Waals surface area contributed by atoms with Gasteiger partial charge in [0.2, 0.25) is 0 Å². The maximum Gasteiger partial charge on any atom is 0.416 e. The molecule has 2 heterocycles. The van der Waals surface area contributed by atoms with E-state index in [1.165, 1.54) is 18.3 Å². The summed E-state index contributed by atoms with van der Waals surface area (Å²) in [4.78, 5) is 31.6. The first-order valence-corrected chi connectivity index (χ1v) is 12.1. The second-order valence-corrected chi connectivity index (χ2v) is 9.15. The number of nitrogens with one attached hydrogen (secondary N) is 1. The molecule has 0 unspecified atom stereocenters. The number of hydrogen-bond acceptors (Lipinski definition) is 4. The minimum absolute atomic E-state index is 0.0209. The predicted molar refractivity (Wildman–Crippen MR) is 133 cm³/mol. The zero-order valence-electron chi connectivity index (χ0n) is 20.4. The number of benzene rings is 2. The van der Waals surface area contributed by atoms with Crippen molar-refractivity contribution in [3.05, 3.63) is 88.2 Å². The van der Waals surface area contributed by atoms with Crippen molar-refractivity contribution in [2.45, 2.75) is 44.8 Å². The smallest absolute Gasteiger partial charge is 0.335 e. The molecule has 194 valence electrons. The van der Waals surface area contributed by atoms with Gasteiger partial charge in [-0.15, -0.1) is 0 Å². The molecular formula is C27H23F3N6O2. The number of halogens is 3. The van der Waals surface area contributed by atoms with Crippen LogP contribution in [0.4, 0.5) is 18.0 Å². The monoisotopic (exact) mass is 520 g/mol. The molecule has 0 bridgehead atoms. The highest BCUT2D eigenvalue weighted by Crippen LogP contribution is 2.32. The molecule has 0 saturated heterocycles. The summed E-state index contributed by atoms with van der Waals surface area (Å²) in [6.07, 6.45) is 2.01. The van der Waals surface area contributed by atoms with E-state index < -0.39 is 23.5 Å². The van der Waals surface area contributed by atoms with Crippen LogP contribution >= 0.6 is 0 Å². The van der Waals surface area contributed by atoms with Crippen LogP contribution in [0.25, 0.3) is 22.9 Å². The van der Waals surface area contributed by atoms with Gasteiger partial charge in [-0.25, -0.2) is 19.1 Å². The summed E-state index contributed by atoms with van der Waals surface area (Å²) >= 11 is 0. The van der Waals surface area contributed by atoms with E-state index in [1.807, 2.05) is 0 Å². The summed E-state index contributed by atoms with van der Waals surface area (Å²) in [7, 11) is 0. The number of rotatable bonds is 4. The van der Waals surface area contributed by atoms with Gasteiger partial charge >= 0.3 is 17.9 Å². The van der Waals surface area contributed by atoms with Crippen LogP contribution in [0.15, 0.2) is 65.7 Å². The molecular weight excluding hydrogens is 497 g/mol. The molecule has 1 fully saturated rings. The van der Waals surface area contributed by atoms with Crippen LogP contribution in [0.1, 0.15) is 42.5 Å². The summed E-state index contributed by atoms with van der Waals surface area (Å²) in [5, 5.41) is 12.0. The fourth-order valence-corrected chi connectivity index (χ4v) is 4.88. The van der Waals surface area contributed by atoms with Crippen molar-refractivity contribution in [3.63, 3.8) is 0 Å². The van der Waals surface area contributed by atoms with Crippen LogP contribution in [0.2, 0.25) is 0 Å². The van der Waals surface area contributed by atoms with Crippen LogP contribution in [-0.2, 0) is 6.18 Å². The largest absolute Gasteiger partial charge is 0.416 e. The van der Waals surface area contributed by atoms with E-state index in [1.54, 1.807) is 42.0 Å². The summed E-state index contributed by atoms with van der Waals surface area (Å²) in [5.41, 5.74) is -0.262. The first-order chi connectivity index (χ1) is 18.2. The summed E-state index contributed by atoms with van der Waals surface area (Å²) < 4.78 is 44.0. The quantitative estimate of drug-likeness (QED) is 0.400. The Bertz CT molecular complexity index is 1600. The molecule has 38 heavy (non-hydrogen) atoms. The summed E-state index contributed by atoms with van der Waals surface area (Å²) in [5.74, 6) is 0.247. The van der Waals surface area contributed by atoms with E-state index >= 15 is 0 Å². The van der Waals surface area contributed by atoms with Gasteiger partial charge in [-0.1, -0.05) is 18.9 Å². The standard InChI is InChI=1S/C27H23F3N6O2/c1-17-23(24-32-13-14-34(24)21-11-9-18(16-31)10-12-21)36(25(37)33-20-6-2-3-7-20)26(38)35(17)22-8-4-5-19(15-22)27(28,29)30/h4-5,8-15,20H,2-3,6-7H2,1H3,(H,33,37). The van der Waals surface area contributed by atoms with Crippen molar-refractivity contribution in [2.24, 2.45) is 0 Å². The minimum Gasteiger partial charge on any atom is -0.335 e. The number of nitrogens with zero attached hydrogens (tertiary/aromatic N) is 5. The molecule has 0 spiro atoms. The molecule has 11 heteroatoms. The second-order valence-electron chi connectivity index (χ2n) is 9.15. The van der Waals surface area contributed by atoms with Crippen molar-refractivity contribution in [2.75, 3.05) is 0 Å². The van der Waals surface area contributed by atoms with E-state index in [-0.39, 0.29) is 28.9 Å². The highest BCUT2D eigenvalue weighted by Gasteiger charge is 2.32. The zero-order valence-corrected chi connectivity index (χ0v) is 20.4. The van der Waals surface area contributed by atoms with Crippen LogP contribution in [0.5, 0.6) is 0 Å². The van der Waals surface area contributed by atoms with Crippen LogP contribution in [0, 0.1) is 18.3 Å². The van der Waals surface area contributed by atoms with Crippen molar-refractivity contribution >= 4 is 6.03 Å². The van der Waals surface area contributed by atoms with Gasteiger partial charge in [0.05, 0.1) is 28.6 Å². The van der Waals surface area contributed by atoms with Gasteiger partial charge in [0.1, 0.15) is 5.69 Å². The van der Waals surface area contributed by atoms with Crippen molar-refractivity contribution in [3.8, 4) is 29.0 Å². The number of carbonyl (C=O) groups is 1. The fourth-order valence-electron chi connectivity index (χ4n) is 4.88. The van der Waals surface area contributed by atoms with E-state index in [2.05, 4.69) is 16.4 Å². The number of hydrogen-bond donors (Lipinski definition) is 1. The van der Waals surface area contributed by atoms with E-state index in [0.717, 1.165) is 47.0 Å². The molecule has 5 rings (SSSR count). The Hall–Kier alpha value is -4.59. The maximum atomic E-state index is 13.7. The molecule has 0 aliphatic heterocycles. The molecule has 1 saturated carbocycles. The van der Waals surface area contributed by atoms with E-state index in [0.29, 0.717) is 11.3 Å². The van der Waals surface area contributed by atoms with Gasteiger partial charge in [0.15, 0.2) is 5.82 Å². The number of nitriles is 1. The molecule has 2 aromatic heterocycles. The first-order valence-electron chi connectivity index (χ1n) is 12.1. The molecule has 1 N–H and O–H groups in total. The zero-order chi connectivity index (χ0) is 27.0. The highest BCUT2D eigenvalue weighted by molar-refractivity contribution is 5.83. The molecule has 0 radical (unpaired) electrons. The van der Waals surface area contributed by atoms with Crippen LogP contribution < -0.4 is 11.0 Å². The minimum atomic E-state index is -4.61. The van der Waals surface area contributed by atoms with Crippen molar-refractivity contribution in [1.29, 1.82) is 5.26 Å². The second kappa shape index (κ2) is 9.70. The molecule has 1 aliphatic carbocycles. The lowest BCUT2D eigenvalue weighted by molar-refractivity contribution is -0.137. The van der Waals surface area contributed by atoms with E-state index in [9.17, 15) is 22.8 Å². The fraction of sp³-hybridized carbons (Fsp3) is 0.259. The summed E-state index contributed by atoms with van der Waals surface area (Å²) in [6.45, 7) is 1.56. The van der Waals surface area contributed by atoms with Gasteiger partial charge in [-0.05, 0) is 62.2 Å². The van der Waals surface area contributed by atoms with Gasteiger partial charge in [-0.3, -0.25) is 9.13 Å². The predicted octanol–water partition coefficient (Wildman–Crippen LogP) is 5.19. The Labute approximate surface area is 215 Å². The number of amides is 1. The SMILES string of the molecule is Cc1c(-c2nccn2-c2ccc(C#N)cc2)n(C(=O)NC2CCCC2)c(=O)n1-c1cccc(C(F)(F)F)c1. The lowest BCUT2D eigenvalue weighted by Gasteiger charge is -2.14. The third-order valence-corrected chi connectivity index (χ3v) is 6.73. The Kier molecular flexibility index (Phi) is 6.40. The van der Waals surface area contributed by atoms with Gasteiger partial charge in [-0.2, -0.15) is 18.4 Å². The topological polar surface area (TPSA) is 97.6 Å². The molecule has 8 nitrogen and oxygen atoms in total. The molecule has 1 amide bonds. The van der Waals surface area contributed by atoms with Gasteiger partial charge in [0, 0.05) is 24.1 Å². The van der Waals surface area contributed by atoms with Crippen molar-refractivity contribution in [1.82, 2.24) is 24.0 Å². The lowest BCUT2D eigenvalue weighted by atomic mass is 10.2.